The number of nitrogens with zero attached hydrogens (tertiary/aromatic N) is 2. The lowest BCUT2D eigenvalue weighted by atomic mass is 10.3. The molecular formula is C12H17BrCl2N2O. The van der Waals surface area contributed by atoms with Crippen LogP contribution in [-0.4, -0.2) is 36.1 Å². The van der Waals surface area contributed by atoms with E-state index in [0.717, 1.165) is 17.7 Å². The highest BCUT2D eigenvalue weighted by Gasteiger charge is 2.15. The molecule has 0 atom stereocenters. The van der Waals surface area contributed by atoms with E-state index in [0.29, 0.717) is 29.3 Å². The zero-order valence-electron chi connectivity index (χ0n) is 10.5. The Morgan fingerprint density at radius 2 is 2.11 bits per heavy atom. The van der Waals surface area contributed by atoms with E-state index in [4.69, 9.17) is 27.9 Å². The van der Waals surface area contributed by atoms with Crippen LogP contribution in [0.1, 0.15) is 13.8 Å². The van der Waals surface area contributed by atoms with Gasteiger partial charge in [-0.2, -0.15) is 0 Å². The summed E-state index contributed by atoms with van der Waals surface area (Å²) in [5.41, 5.74) is 0. The van der Waals surface area contributed by atoms with E-state index in [1.54, 1.807) is 12.3 Å². The normalized spacial score (nSPS) is 11.0. The molecule has 3 nitrogen and oxygen atoms in total. The smallest absolute Gasteiger partial charge is 0.147 e. The summed E-state index contributed by atoms with van der Waals surface area (Å²) in [7, 11) is 0. The third-order valence-corrected chi connectivity index (χ3v) is 3.19. The molecule has 0 unspecified atom stereocenters. The molecule has 0 aliphatic heterocycles. The van der Waals surface area contributed by atoms with Crippen LogP contribution < -0.4 is 4.90 Å². The molecule has 0 aliphatic carbocycles. The van der Waals surface area contributed by atoms with Crippen LogP contribution >= 0.6 is 39.1 Å². The Balaban J connectivity index is 2.71. The van der Waals surface area contributed by atoms with E-state index in [1.165, 1.54) is 0 Å². The lowest BCUT2D eigenvalue weighted by Crippen LogP contribution is -2.35. The zero-order valence-corrected chi connectivity index (χ0v) is 13.6. The SMILES string of the molecule is CC(C)N(CCOCCBr)c1ncc(Cl)cc1Cl. The Morgan fingerprint density at radius 1 is 1.39 bits per heavy atom. The Bertz CT molecular complexity index is 377. The monoisotopic (exact) mass is 354 g/mol. The predicted octanol–water partition coefficient (Wildman–Crippen LogP) is 4.01. The summed E-state index contributed by atoms with van der Waals surface area (Å²) in [5, 5.41) is 1.95. The number of hydrogen-bond acceptors (Lipinski definition) is 3. The number of rotatable bonds is 7. The van der Waals surface area contributed by atoms with Crippen LogP contribution in [0.2, 0.25) is 10.0 Å². The molecule has 1 aromatic rings. The van der Waals surface area contributed by atoms with Crippen LogP contribution in [0.25, 0.3) is 0 Å². The van der Waals surface area contributed by atoms with Gasteiger partial charge >= 0.3 is 0 Å². The average Bonchev–Trinajstić information content (AvgIpc) is 2.30. The van der Waals surface area contributed by atoms with Crippen molar-refractivity contribution < 1.29 is 4.74 Å². The zero-order chi connectivity index (χ0) is 13.5. The summed E-state index contributed by atoms with van der Waals surface area (Å²) in [6.07, 6.45) is 1.61. The molecule has 0 saturated heterocycles. The largest absolute Gasteiger partial charge is 0.379 e. The van der Waals surface area contributed by atoms with Crippen molar-refractivity contribution in [1.82, 2.24) is 4.98 Å². The van der Waals surface area contributed by atoms with Gasteiger partial charge in [0, 0.05) is 24.1 Å². The molecule has 0 saturated carbocycles. The molecule has 0 aromatic carbocycles. The molecule has 6 heteroatoms. The quantitative estimate of drug-likeness (QED) is 0.545. The first-order valence-corrected chi connectivity index (χ1v) is 7.65. The Labute approximate surface area is 127 Å². The fourth-order valence-electron chi connectivity index (χ4n) is 1.55. The molecule has 0 amide bonds. The van der Waals surface area contributed by atoms with Crippen LogP contribution in [0.3, 0.4) is 0 Å². The first kappa shape index (κ1) is 16.0. The van der Waals surface area contributed by atoms with E-state index in [1.807, 2.05) is 0 Å². The minimum atomic E-state index is 0.295. The van der Waals surface area contributed by atoms with Crippen molar-refractivity contribution in [2.24, 2.45) is 0 Å². The van der Waals surface area contributed by atoms with Crippen LogP contribution in [0.15, 0.2) is 12.3 Å². The average molecular weight is 356 g/mol. The van der Waals surface area contributed by atoms with Crippen LogP contribution in [0.4, 0.5) is 5.82 Å². The van der Waals surface area contributed by atoms with Crippen molar-refractivity contribution in [1.29, 1.82) is 0 Å². The number of aromatic nitrogens is 1. The van der Waals surface area contributed by atoms with Crippen molar-refractivity contribution in [3.63, 3.8) is 0 Å². The maximum absolute atomic E-state index is 6.17. The van der Waals surface area contributed by atoms with Crippen LogP contribution in [-0.2, 0) is 4.74 Å². The molecule has 0 spiro atoms. The minimum absolute atomic E-state index is 0.295. The van der Waals surface area contributed by atoms with Gasteiger partial charge in [-0.15, -0.1) is 0 Å². The summed E-state index contributed by atoms with van der Waals surface area (Å²) in [4.78, 5) is 6.40. The first-order chi connectivity index (χ1) is 8.56. The Hall–Kier alpha value is -0.0300. The second kappa shape index (κ2) is 8.20. The van der Waals surface area contributed by atoms with E-state index < -0.39 is 0 Å². The van der Waals surface area contributed by atoms with E-state index in [9.17, 15) is 0 Å². The van der Waals surface area contributed by atoms with Gasteiger partial charge in [0.15, 0.2) is 0 Å². The standard InChI is InChI=1S/C12H17BrCl2N2O/c1-9(2)17(4-6-18-5-3-13)12-11(15)7-10(14)8-16-12/h7-9H,3-6H2,1-2H3. The molecular weight excluding hydrogens is 339 g/mol. The molecule has 0 fully saturated rings. The van der Waals surface area contributed by atoms with Crippen molar-refractivity contribution in [3.8, 4) is 0 Å². The fraction of sp³-hybridized carbons (Fsp3) is 0.583. The third kappa shape index (κ3) is 4.92. The van der Waals surface area contributed by atoms with Gasteiger partial charge in [-0.1, -0.05) is 39.1 Å². The molecule has 1 rings (SSSR count). The van der Waals surface area contributed by atoms with Gasteiger partial charge in [0.2, 0.25) is 0 Å². The number of halogens is 3. The molecule has 0 N–H and O–H groups in total. The summed E-state index contributed by atoms with van der Waals surface area (Å²) >= 11 is 15.3. The highest BCUT2D eigenvalue weighted by atomic mass is 79.9. The number of pyridine rings is 1. The second-order valence-electron chi connectivity index (χ2n) is 4.05. The number of anilines is 1. The van der Waals surface area contributed by atoms with Gasteiger partial charge in [-0.3, -0.25) is 0 Å². The topological polar surface area (TPSA) is 25.4 Å². The van der Waals surface area contributed by atoms with Crippen molar-refractivity contribution >= 4 is 44.9 Å². The number of hydrogen-bond donors (Lipinski definition) is 0. The maximum Gasteiger partial charge on any atom is 0.147 e. The van der Waals surface area contributed by atoms with E-state index in [-0.39, 0.29) is 0 Å². The lowest BCUT2D eigenvalue weighted by molar-refractivity contribution is 0.156. The van der Waals surface area contributed by atoms with Crippen LogP contribution in [0, 0.1) is 0 Å². The molecule has 0 radical (unpaired) electrons. The summed E-state index contributed by atoms with van der Waals surface area (Å²) in [6.45, 7) is 6.28. The second-order valence-corrected chi connectivity index (χ2v) is 5.68. The molecule has 0 bridgehead atoms. The predicted molar refractivity (Wildman–Crippen MR) is 81.4 cm³/mol. The van der Waals surface area contributed by atoms with Crippen molar-refractivity contribution in [2.75, 3.05) is 30.0 Å². The molecule has 1 heterocycles. The van der Waals surface area contributed by atoms with Crippen LogP contribution in [0.5, 0.6) is 0 Å². The number of alkyl halides is 1. The van der Waals surface area contributed by atoms with Gasteiger partial charge < -0.3 is 9.64 Å². The summed E-state index contributed by atoms with van der Waals surface area (Å²) in [5.74, 6) is 0.749. The molecule has 1 aromatic heterocycles. The summed E-state index contributed by atoms with van der Waals surface area (Å²) < 4.78 is 5.46. The van der Waals surface area contributed by atoms with E-state index in [2.05, 4.69) is 39.7 Å². The maximum atomic E-state index is 6.17. The Kier molecular flexibility index (Phi) is 7.30. The highest BCUT2D eigenvalue weighted by Crippen LogP contribution is 2.27. The summed E-state index contributed by atoms with van der Waals surface area (Å²) in [6, 6.07) is 2.00. The third-order valence-electron chi connectivity index (χ3n) is 2.38. The Morgan fingerprint density at radius 3 is 2.67 bits per heavy atom. The highest BCUT2D eigenvalue weighted by molar-refractivity contribution is 9.09. The van der Waals surface area contributed by atoms with Gasteiger partial charge in [0.25, 0.3) is 0 Å². The molecule has 0 aliphatic rings. The molecule has 102 valence electrons. The van der Waals surface area contributed by atoms with Crippen molar-refractivity contribution in [3.05, 3.63) is 22.3 Å². The minimum Gasteiger partial charge on any atom is -0.379 e. The van der Waals surface area contributed by atoms with Gasteiger partial charge in [-0.05, 0) is 19.9 Å². The van der Waals surface area contributed by atoms with Gasteiger partial charge in [0.05, 0.1) is 23.3 Å². The lowest BCUT2D eigenvalue weighted by Gasteiger charge is -2.28. The van der Waals surface area contributed by atoms with E-state index >= 15 is 0 Å². The molecule has 18 heavy (non-hydrogen) atoms. The first-order valence-electron chi connectivity index (χ1n) is 5.77. The number of ether oxygens (including phenoxy) is 1. The van der Waals surface area contributed by atoms with Gasteiger partial charge in [-0.25, -0.2) is 4.98 Å². The van der Waals surface area contributed by atoms with Gasteiger partial charge in [0.1, 0.15) is 5.82 Å². The van der Waals surface area contributed by atoms with Crippen molar-refractivity contribution in [2.45, 2.75) is 19.9 Å². The fourth-order valence-corrected chi connectivity index (χ4v) is 2.26.